The Morgan fingerprint density at radius 2 is 1.50 bits per heavy atom. The SMILES string of the molecule is Clc1ccc(-c2cc([C@@H]3CO3)c3cc(Cl)cc(Cl)c3c2)cc1. The van der Waals surface area contributed by atoms with Crippen molar-refractivity contribution in [3.05, 3.63) is 69.2 Å². The lowest BCUT2D eigenvalue weighted by Crippen LogP contribution is -1.89. The molecule has 4 rings (SSSR count). The molecule has 0 radical (unpaired) electrons. The summed E-state index contributed by atoms with van der Waals surface area (Å²) in [4.78, 5) is 0. The van der Waals surface area contributed by atoms with Gasteiger partial charge in [-0.05, 0) is 58.5 Å². The molecule has 1 nitrogen and oxygen atoms in total. The highest BCUT2D eigenvalue weighted by atomic mass is 35.5. The lowest BCUT2D eigenvalue weighted by Gasteiger charge is -2.11. The van der Waals surface area contributed by atoms with Crippen molar-refractivity contribution in [3.8, 4) is 11.1 Å². The predicted molar refractivity (Wildman–Crippen MR) is 93.1 cm³/mol. The maximum atomic E-state index is 6.40. The highest BCUT2D eigenvalue weighted by Crippen LogP contribution is 2.41. The first-order chi connectivity index (χ1) is 10.6. The summed E-state index contributed by atoms with van der Waals surface area (Å²) in [7, 11) is 0. The second kappa shape index (κ2) is 5.43. The summed E-state index contributed by atoms with van der Waals surface area (Å²) in [6.45, 7) is 0.739. The summed E-state index contributed by atoms with van der Waals surface area (Å²) in [6, 6.07) is 15.7. The molecule has 1 fully saturated rings. The van der Waals surface area contributed by atoms with E-state index in [0.717, 1.165) is 39.1 Å². The molecule has 0 unspecified atom stereocenters. The summed E-state index contributed by atoms with van der Waals surface area (Å²) in [5, 5.41) is 4.06. The Labute approximate surface area is 143 Å². The maximum Gasteiger partial charge on any atom is 0.107 e. The Hall–Kier alpha value is -1.25. The van der Waals surface area contributed by atoms with Gasteiger partial charge in [0.25, 0.3) is 0 Å². The zero-order chi connectivity index (χ0) is 15.3. The number of rotatable bonds is 2. The van der Waals surface area contributed by atoms with Gasteiger partial charge < -0.3 is 4.74 Å². The summed E-state index contributed by atoms with van der Waals surface area (Å²) < 4.78 is 5.49. The van der Waals surface area contributed by atoms with Crippen LogP contribution in [0.15, 0.2) is 48.5 Å². The van der Waals surface area contributed by atoms with E-state index in [1.165, 1.54) is 0 Å². The Bertz CT molecular complexity index is 868. The molecular weight excluding hydrogens is 339 g/mol. The highest BCUT2D eigenvalue weighted by molar-refractivity contribution is 6.39. The van der Waals surface area contributed by atoms with Crippen molar-refractivity contribution in [2.45, 2.75) is 6.10 Å². The molecule has 1 saturated heterocycles. The number of epoxide rings is 1. The van der Waals surface area contributed by atoms with Gasteiger partial charge in [-0.1, -0.05) is 46.9 Å². The lowest BCUT2D eigenvalue weighted by atomic mass is 9.95. The number of ether oxygens (including phenoxy) is 1. The second-order valence-electron chi connectivity index (χ2n) is 5.38. The van der Waals surface area contributed by atoms with Crippen LogP contribution in [0.1, 0.15) is 11.7 Å². The van der Waals surface area contributed by atoms with E-state index in [0.29, 0.717) is 10.0 Å². The number of hydrogen-bond acceptors (Lipinski definition) is 1. The summed E-state index contributed by atoms with van der Waals surface area (Å²) in [5.41, 5.74) is 3.32. The van der Waals surface area contributed by atoms with E-state index in [4.69, 9.17) is 39.5 Å². The van der Waals surface area contributed by atoms with Crippen LogP contribution in [0.5, 0.6) is 0 Å². The zero-order valence-corrected chi connectivity index (χ0v) is 13.7. The summed E-state index contributed by atoms with van der Waals surface area (Å²) in [5.74, 6) is 0. The minimum Gasteiger partial charge on any atom is -0.368 e. The van der Waals surface area contributed by atoms with E-state index >= 15 is 0 Å². The third-order valence-electron chi connectivity index (χ3n) is 3.87. The van der Waals surface area contributed by atoms with Gasteiger partial charge in [-0.2, -0.15) is 0 Å². The van der Waals surface area contributed by atoms with Crippen molar-refractivity contribution in [2.24, 2.45) is 0 Å². The molecule has 1 heterocycles. The molecule has 0 N–H and O–H groups in total. The zero-order valence-electron chi connectivity index (χ0n) is 11.4. The van der Waals surface area contributed by atoms with Crippen LogP contribution in [0, 0.1) is 0 Å². The van der Waals surface area contributed by atoms with Crippen LogP contribution < -0.4 is 0 Å². The van der Waals surface area contributed by atoms with Gasteiger partial charge in [0.15, 0.2) is 0 Å². The number of hydrogen-bond donors (Lipinski definition) is 0. The van der Waals surface area contributed by atoms with E-state index in [9.17, 15) is 0 Å². The molecule has 22 heavy (non-hydrogen) atoms. The van der Waals surface area contributed by atoms with Crippen molar-refractivity contribution >= 4 is 45.6 Å². The molecule has 0 aromatic heterocycles. The van der Waals surface area contributed by atoms with E-state index < -0.39 is 0 Å². The van der Waals surface area contributed by atoms with Crippen molar-refractivity contribution < 1.29 is 4.74 Å². The molecule has 1 atom stereocenters. The minimum absolute atomic E-state index is 0.129. The van der Waals surface area contributed by atoms with Gasteiger partial charge in [0.1, 0.15) is 6.10 Å². The van der Waals surface area contributed by atoms with Gasteiger partial charge >= 0.3 is 0 Å². The molecule has 3 aromatic rings. The maximum absolute atomic E-state index is 6.40. The van der Waals surface area contributed by atoms with Crippen LogP contribution in [-0.2, 0) is 4.74 Å². The first kappa shape index (κ1) is 14.3. The van der Waals surface area contributed by atoms with Crippen LogP contribution in [-0.4, -0.2) is 6.61 Å². The van der Waals surface area contributed by atoms with Crippen molar-refractivity contribution in [3.63, 3.8) is 0 Å². The molecule has 3 aromatic carbocycles. The van der Waals surface area contributed by atoms with E-state index in [-0.39, 0.29) is 6.10 Å². The standard InChI is InChI=1S/C18H11Cl3O/c19-12-3-1-10(2-4-12)11-5-15-14(7-13(20)8-17(15)21)16(6-11)18-9-22-18/h1-8,18H,9H2/t18-/m0/s1. The molecule has 0 bridgehead atoms. The first-order valence-corrected chi connectivity index (χ1v) is 8.05. The molecule has 4 heteroatoms. The molecule has 0 amide bonds. The molecule has 1 aliphatic heterocycles. The molecule has 0 saturated carbocycles. The van der Waals surface area contributed by atoms with Crippen LogP contribution >= 0.6 is 34.8 Å². The van der Waals surface area contributed by atoms with Gasteiger partial charge in [0, 0.05) is 20.5 Å². The van der Waals surface area contributed by atoms with Crippen molar-refractivity contribution in [1.82, 2.24) is 0 Å². The van der Waals surface area contributed by atoms with E-state index in [1.807, 2.05) is 30.3 Å². The van der Waals surface area contributed by atoms with Gasteiger partial charge in [0.05, 0.1) is 6.61 Å². The largest absolute Gasteiger partial charge is 0.368 e. The normalized spacial score (nSPS) is 17.0. The monoisotopic (exact) mass is 348 g/mol. The fraction of sp³-hybridized carbons (Fsp3) is 0.111. The number of benzene rings is 3. The summed E-state index contributed by atoms with van der Waals surface area (Å²) >= 11 is 18.5. The molecule has 0 aliphatic carbocycles. The van der Waals surface area contributed by atoms with Crippen LogP contribution in [0.2, 0.25) is 15.1 Å². The van der Waals surface area contributed by atoms with E-state index in [1.54, 1.807) is 6.07 Å². The van der Waals surface area contributed by atoms with Crippen LogP contribution in [0.3, 0.4) is 0 Å². The van der Waals surface area contributed by atoms with Crippen LogP contribution in [0.25, 0.3) is 21.9 Å². The smallest absolute Gasteiger partial charge is 0.107 e. The average molecular weight is 350 g/mol. The van der Waals surface area contributed by atoms with E-state index in [2.05, 4.69) is 12.1 Å². The van der Waals surface area contributed by atoms with Crippen LogP contribution in [0.4, 0.5) is 0 Å². The molecule has 0 spiro atoms. The third-order valence-corrected chi connectivity index (χ3v) is 4.66. The van der Waals surface area contributed by atoms with Gasteiger partial charge in [-0.3, -0.25) is 0 Å². The molecular formula is C18H11Cl3O. The molecule has 1 aliphatic rings. The highest BCUT2D eigenvalue weighted by Gasteiger charge is 2.27. The van der Waals surface area contributed by atoms with Gasteiger partial charge in [0.2, 0.25) is 0 Å². The van der Waals surface area contributed by atoms with Crippen molar-refractivity contribution in [1.29, 1.82) is 0 Å². The number of halogens is 3. The Balaban J connectivity index is 1.99. The van der Waals surface area contributed by atoms with Crippen molar-refractivity contribution in [2.75, 3.05) is 6.61 Å². The Morgan fingerprint density at radius 3 is 2.18 bits per heavy atom. The Morgan fingerprint density at radius 1 is 0.773 bits per heavy atom. The topological polar surface area (TPSA) is 12.5 Å². The molecule has 110 valence electrons. The predicted octanol–water partition coefficient (Wildman–Crippen LogP) is 6.54. The Kier molecular flexibility index (Phi) is 3.54. The lowest BCUT2D eigenvalue weighted by molar-refractivity contribution is 0.417. The average Bonchev–Trinajstić information content (AvgIpc) is 3.32. The van der Waals surface area contributed by atoms with Gasteiger partial charge in [-0.15, -0.1) is 0 Å². The quantitative estimate of drug-likeness (QED) is 0.479. The summed E-state index contributed by atoms with van der Waals surface area (Å²) in [6.07, 6.45) is 0.129. The second-order valence-corrected chi connectivity index (χ2v) is 6.66. The fourth-order valence-electron chi connectivity index (χ4n) is 2.72. The minimum atomic E-state index is 0.129. The fourth-order valence-corrected chi connectivity index (χ4v) is 3.39. The third kappa shape index (κ3) is 2.59. The van der Waals surface area contributed by atoms with Gasteiger partial charge in [-0.25, -0.2) is 0 Å². The first-order valence-electron chi connectivity index (χ1n) is 6.92. The number of fused-ring (bicyclic) bond motifs is 1.